The predicted molar refractivity (Wildman–Crippen MR) is 76.7 cm³/mol. The number of ether oxygens (including phenoxy) is 2. The molecule has 1 aromatic rings. The highest BCUT2D eigenvalue weighted by molar-refractivity contribution is 5.75. The Morgan fingerprint density at radius 2 is 1.90 bits per heavy atom. The SMILES string of the molecule is O=C(CCCOc1ccccc1)NCCCOCCO. The van der Waals surface area contributed by atoms with Crippen molar-refractivity contribution < 1.29 is 19.4 Å². The molecule has 0 unspecified atom stereocenters. The topological polar surface area (TPSA) is 67.8 Å². The third kappa shape index (κ3) is 8.50. The minimum absolute atomic E-state index is 0.0313. The lowest BCUT2D eigenvalue weighted by Crippen LogP contribution is -2.25. The van der Waals surface area contributed by atoms with Gasteiger partial charge in [0.2, 0.25) is 5.91 Å². The smallest absolute Gasteiger partial charge is 0.220 e. The summed E-state index contributed by atoms with van der Waals surface area (Å²) in [6.45, 7) is 2.08. The zero-order valence-electron chi connectivity index (χ0n) is 11.7. The molecule has 0 heterocycles. The lowest BCUT2D eigenvalue weighted by molar-refractivity contribution is -0.121. The van der Waals surface area contributed by atoms with E-state index in [-0.39, 0.29) is 12.5 Å². The molecule has 1 amide bonds. The van der Waals surface area contributed by atoms with E-state index in [0.717, 1.165) is 12.2 Å². The molecule has 0 bridgehead atoms. The lowest BCUT2D eigenvalue weighted by atomic mass is 10.3. The lowest BCUT2D eigenvalue weighted by Gasteiger charge is -2.07. The second-order valence-corrected chi connectivity index (χ2v) is 4.30. The van der Waals surface area contributed by atoms with Crippen molar-refractivity contribution in [1.29, 1.82) is 0 Å². The van der Waals surface area contributed by atoms with Crippen LogP contribution in [0.2, 0.25) is 0 Å². The van der Waals surface area contributed by atoms with E-state index in [1.54, 1.807) is 0 Å². The van der Waals surface area contributed by atoms with Crippen molar-refractivity contribution in [2.75, 3.05) is 33.0 Å². The summed E-state index contributed by atoms with van der Waals surface area (Å²) in [5.74, 6) is 0.859. The minimum atomic E-state index is 0.0313. The van der Waals surface area contributed by atoms with Gasteiger partial charge in [0.05, 0.1) is 19.8 Å². The van der Waals surface area contributed by atoms with Crippen molar-refractivity contribution in [3.8, 4) is 5.75 Å². The van der Waals surface area contributed by atoms with Crippen molar-refractivity contribution in [2.24, 2.45) is 0 Å². The number of hydrogen-bond donors (Lipinski definition) is 2. The number of benzene rings is 1. The largest absolute Gasteiger partial charge is 0.494 e. The van der Waals surface area contributed by atoms with Gasteiger partial charge in [0.15, 0.2) is 0 Å². The fourth-order valence-electron chi connectivity index (χ4n) is 1.60. The van der Waals surface area contributed by atoms with Gasteiger partial charge in [0.1, 0.15) is 5.75 Å². The van der Waals surface area contributed by atoms with E-state index in [4.69, 9.17) is 14.6 Å². The van der Waals surface area contributed by atoms with Crippen LogP contribution in [-0.2, 0) is 9.53 Å². The van der Waals surface area contributed by atoms with Crippen molar-refractivity contribution in [3.05, 3.63) is 30.3 Å². The molecule has 20 heavy (non-hydrogen) atoms. The van der Waals surface area contributed by atoms with Gasteiger partial charge in [-0.3, -0.25) is 4.79 Å². The monoisotopic (exact) mass is 281 g/mol. The third-order valence-corrected chi connectivity index (χ3v) is 2.58. The first-order valence-corrected chi connectivity index (χ1v) is 6.96. The van der Waals surface area contributed by atoms with E-state index in [0.29, 0.717) is 39.2 Å². The Bertz CT molecular complexity index is 356. The van der Waals surface area contributed by atoms with Crippen LogP contribution in [0.25, 0.3) is 0 Å². The van der Waals surface area contributed by atoms with E-state index in [9.17, 15) is 4.79 Å². The van der Waals surface area contributed by atoms with Gasteiger partial charge >= 0.3 is 0 Å². The van der Waals surface area contributed by atoms with Crippen LogP contribution in [0.4, 0.5) is 0 Å². The quantitative estimate of drug-likeness (QED) is 0.601. The summed E-state index contributed by atoms with van der Waals surface area (Å²) in [6.07, 6.45) is 1.92. The Morgan fingerprint density at radius 1 is 1.10 bits per heavy atom. The number of rotatable bonds is 11. The summed E-state index contributed by atoms with van der Waals surface area (Å²) < 4.78 is 10.6. The molecule has 0 aliphatic rings. The van der Waals surface area contributed by atoms with Crippen LogP contribution in [0, 0.1) is 0 Å². The van der Waals surface area contributed by atoms with Crippen LogP contribution in [-0.4, -0.2) is 44.0 Å². The highest BCUT2D eigenvalue weighted by Gasteiger charge is 2.00. The van der Waals surface area contributed by atoms with Crippen molar-refractivity contribution in [1.82, 2.24) is 5.32 Å². The van der Waals surface area contributed by atoms with Crippen molar-refractivity contribution in [3.63, 3.8) is 0 Å². The van der Waals surface area contributed by atoms with Gasteiger partial charge in [-0.2, -0.15) is 0 Å². The molecule has 5 nitrogen and oxygen atoms in total. The van der Waals surface area contributed by atoms with Crippen LogP contribution in [0.1, 0.15) is 19.3 Å². The number of aliphatic hydroxyl groups excluding tert-OH is 1. The number of carbonyl (C=O) groups is 1. The Labute approximate surface area is 119 Å². The highest BCUT2D eigenvalue weighted by Crippen LogP contribution is 2.08. The van der Waals surface area contributed by atoms with Crippen LogP contribution < -0.4 is 10.1 Å². The van der Waals surface area contributed by atoms with Crippen molar-refractivity contribution >= 4 is 5.91 Å². The van der Waals surface area contributed by atoms with E-state index in [1.807, 2.05) is 30.3 Å². The normalized spacial score (nSPS) is 10.2. The molecule has 5 heteroatoms. The average molecular weight is 281 g/mol. The van der Waals surface area contributed by atoms with Gasteiger partial charge in [-0.15, -0.1) is 0 Å². The highest BCUT2D eigenvalue weighted by atomic mass is 16.5. The van der Waals surface area contributed by atoms with Crippen LogP contribution in [0.3, 0.4) is 0 Å². The third-order valence-electron chi connectivity index (χ3n) is 2.58. The molecule has 2 N–H and O–H groups in total. The van der Waals surface area contributed by atoms with E-state index in [2.05, 4.69) is 5.32 Å². The van der Waals surface area contributed by atoms with Crippen LogP contribution in [0.15, 0.2) is 30.3 Å². The first kappa shape index (κ1) is 16.5. The molecule has 0 aliphatic heterocycles. The molecule has 0 atom stereocenters. The fourth-order valence-corrected chi connectivity index (χ4v) is 1.60. The Balaban J connectivity index is 1.92. The molecular formula is C15H23NO4. The zero-order valence-corrected chi connectivity index (χ0v) is 11.7. The summed E-state index contributed by atoms with van der Waals surface area (Å²) >= 11 is 0. The predicted octanol–water partition coefficient (Wildman–Crippen LogP) is 1.36. The Morgan fingerprint density at radius 3 is 2.65 bits per heavy atom. The second kappa shape index (κ2) is 11.3. The number of para-hydroxylation sites is 1. The number of carbonyl (C=O) groups excluding carboxylic acids is 1. The number of amides is 1. The number of nitrogens with one attached hydrogen (secondary N) is 1. The first-order valence-electron chi connectivity index (χ1n) is 6.96. The molecular weight excluding hydrogens is 258 g/mol. The van der Waals surface area contributed by atoms with Gasteiger partial charge in [0.25, 0.3) is 0 Å². The maximum Gasteiger partial charge on any atom is 0.220 e. The molecule has 1 rings (SSSR count). The molecule has 0 saturated heterocycles. The van der Waals surface area contributed by atoms with Gasteiger partial charge in [-0.25, -0.2) is 0 Å². The summed E-state index contributed by atoms with van der Waals surface area (Å²) in [4.78, 5) is 11.5. The molecule has 1 aromatic carbocycles. The Kier molecular flexibility index (Phi) is 9.26. The Hall–Kier alpha value is -1.59. The molecule has 0 aliphatic carbocycles. The standard InChI is InChI=1S/C15H23NO4/c17-10-13-19-11-5-9-16-15(18)8-4-12-20-14-6-2-1-3-7-14/h1-3,6-7,17H,4-5,8-13H2,(H,16,18). The number of aliphatic hydroxyl groups is 1. The molecule has 112 valence electrons. The van der Waals surface area contributed by atoms with Gasteiger partial charge in [-0.1, -0.05) is 18.2 Å². The second-order valence-electron chi connectivity index (χ2n) is 4.30. The van der Waals surface area contributed by atoms with Gasteiger partial charge in [0, 0.05) is 19.6 Å². The average Bonchev–Trinajstić information content (AvgIpc) is 2.48. The zero-order chi connectivity index (χ0) is 14.5. The van der Waals surface area contributed by atoms with Gasteiger partial charge in [-0.05, 0) is 25.0 Å². The van der Waals surface area contributed by atoms with E-state index < -0.39 is 0 Å². The van der Waals surface area contributed by atoms with E-state index >= 15 is 0 Å². The number of hydrogen-bond acceptors (Lipinski definition) is 4. The summed E-state index contributed by atoms with van der Waals surface area (Å²) in [5, 5.41) is 11.3. The molecule has 0 fully saturated rings. The first-order chi connectivity index (χ1) is 9.83. The maximum absolute atomic E-state index is 11.5. The van der Waals surface area contributed by atoms with Gasteiger partial charge < -0.3 is 19.9 Å². The molecule has 0 radical (unpaired) electrons. The van der Waals surface area contributed by atoms with E-state index in [1.165, 1.54) is 0 Å². The summed E-state index contributed by atoms with van der Waals surface area (Å²) in [5.41, 5.74) is 0. The fraction of sp³-hybridized carbons (Fsp3) is 0.533. The van der Waals surface area contributed by atoms with Crippen molar-refractivity contribution in [2.45, 2.75) is 19.3 Å². The minimum Gasteiger partial charge on any atom is -0.494 e. The summed E-state index contributed by atoms with van der Waals surface area (Å²) in [7, 11) is 0. The molecule has 0 saturated carbocycles. The summed E-state index contributed by atoms with van der Waals surface area (Å²) in [6, 6.07) is 9.56. The van der Waals surface area contributed by atoms with Crippen LogP contribution >= 0.6 is 0 Å². The molecule has 0 spiro atoms. The van der Waals surface area contributed by atoms with Crippen LogP contribution in [0.5, 0.6) is 5.75 Å². The molecule has 0 aromatic heterocycles. The maximum atomic E-state index is 11.5.